The molecule has 2 N–H and O–H groups in total. The first-order chi connectivity index (χ1) is 8.55. The predicted molar refractivity (Wildman–Crippen MR) is 71.2 cm³/mol. The highest BCUT2D eigenvalue weighted by atomic mass is 16.5. The lowest BCUT2D eigenvalue weighted by Gasteiger charge is -2.35. The Kier molecular flexibility index (Phi) is 4.28. The minimum Gasteiger partial charge on any atom is -0.379 e. The molecule has 1 saturated carbocycles. The Morgan fingerprint density at radius 3 is 2.39 bits per heavy atom. The molecule has 0 aromatic carbocycles. The van der Waals surface area contributed by atoms with Crippen molar-refractivity contribution in [3.8, 4) is 0 Å². The maximum absolute atomic E-state index is 12.7. The summed E-state index contributed by atoms with van der Waals surface area (Å²) in [5.41, 5.74) is 5.51. The fraction of sp³-hybridized carbons (Fsp3) is 0.929. The Morgan fingerprint density at radius 1 is 1.28 bits per heavy atom. The molecule has 18 heavy (non-hydrogen) atoms. The van der Waals surface area contributed by atoms with E-state index in [0.29, 0.717) is 19.3 Å². The van der Waals surface area contributed by atoms with Gasteiger partial charge in [-0.15, -0.1) is 0 Å². The van der Waals surface area contributed by atoms with Gasteiger partial charge in [0.1, 0.15) is 0 Å². The predicted octanol–water partition coefficient (Wildman–Crippen LogP) is 1.53. The summed E-state index contributed by atoms with van der Waals surface area (Å²) in [6.45, 7) is 2.91. The summed E-state index contributed by atoms with van der Waals surface area (Å²) in [7, 11) is 1.94. The number of ether oxygens (including phenoxy) is 1. The monoisotopic (exact) mass is 254 g/mol. The van der Waals surface area contributed by atoms with Crippen molar-refractivity contribution in [2.24, 2.45) is 11.1 Å². The van der Waals surface area contributed by atoms with Gasteiger partial charge in [-0.2, -0.15) is 0 Å². The van der Waals surface area contributed by atoms with E-state index in [4.69, 9.17) is 10.5 Å². The molecule has 1 saturated heterocycles. The Hall–Kier alpha value is -0.610. The van der Waals surface area contributed by atoms with Crippen LogP contribution in [0.3, 0.4) is 0 Å². The van der Waals surface area contributed by atoms with Crippen LogP contribution >= 0.6 is 0 Å². The largest absolute Gasteiger partial charge is 0.379 e. The van der Waals surface area contributed by atoms with Gasteiger partial charge >= 0.3 is 0 Å². The average molecular weight is 254 g/mol. The molecule has 1 aliphatic carbocycles. The van der Waals surface area contributed by atoms with Gasteiger partial charge in [0, 0.05) is 19.1 Å². The van der Waals surface area contributed by atoms with E-state index < -0.39 is 5.41 Å². The van der Waals surface area contributed by atoms with Crippen LogP contribution in [0.4, 0.5) is 0 Å². The van der Waals surface area contributed by atoms with E-state index in [1.807, 2.05) is 18.9 Å². The smallest absolute Gasteiger partial charge is 0.232 e. The van der Waals surface area contributed by atoms with Gasteiger partial charge in [0.2, 0.25) is 5.91 Å². The first-order valence-electron chi connectivity index (χ1n) is 7.16. The van der Waals surface area contributed by atoms with E-state index in [-0.39, 0.29) is 11.9 Å². The van der Waals surface area contributed by atoms with Crippen LogP contribution in [0.1, 0.15) is 45.4 Å². The molecule has 2 rings (SSSR count). The van der Waals surface area contributed by atoms with Gasteiger partial charge in [-0.1, -0.05) is 25.7 Å². The molecule has 2 unspecified atom stereocenters. The molecular weight excluding hydrogens is 228 g/mol. The van der Waals surface area contributed by atoms with Gasteiger partial charge in [0.15, 0.2) is 0 Å². The van der Waals surface area contributed by atoms with Crippen molar-refractivity contribution in [2.75, 3.05) is 20.3 Å². The van der Waals surface area contributed by atoms with E-state index in [0.717, 1.165) is 12.8 Å². The van der Waals surface area contributed by atoms with Crippen molar-refractivity contribution >= 4 is 5.91 Å². The lowest BCUT2D eigenvalue weighted by atomic mass is 9.83. The quantitative estimate of drug-likeness (QED) is 0.760. The first-order valence-corrected chi connectivity index (χ1v) is 7.16. The molecule has 0 aromatic heterocycles. The SMILES string of the molecule is CN(C(=O)C1(C)COCC1N)C1CCCCCC1. The maximum Gasteiger partial charge on any atom is 0.232 e. The minimum absolute atomic E-state index is 0.166. The van der Waals surface area contributed by atoms with E-state index in [1.165, 1.54) is 25.7 Å². The summed E-state index contributed by atoms with van der Waals surface area (Å²) >= 11 is 0. The second-order valence-corrected chi connectivity index (χ2v) is 6.10. The van der Waals surface area contributed by atoms with Crippen molar-refractivity contribution in [2.45, 2.75) is 57.5 Å². The van der Waals surface area contributed by atoms with Crippen molar-refractivity contribution < 1.29 is 9.53 Å². The molecule has 2 atom stereocenters. The van der Waals surface area contributed by atoms with Crippen LogP contribution in [-0.2, 0) is 9.53 Å². The Labute approximate surface area is 110 Å². The second-order valence-electron chi connectivity index (χ2n) is 6.10. The van der Waals surface area contributed by atoms with Gasteiger partial charge in [0.05, 0.1) is 18.6 Å². The average Bonchev–Trinajstić information content (AvgIpc) is 2.62. The van der Waals surface area contributed by atoms with Crippen LogP contribution in [-0.4, -0.2) is 43.2 Å². The summed E-state index contributed by atoms with van der Waals surface area (Å²) in [5, 5.41) is 0. The number of amides is 1. The zero-order chi connectivity index (χ0) is 13.2. The third-order valence-electron chi connectivity index (χ3n) is 4.70. The van der Waals surface area contributed by atoms with Gasteiger partial charge in [-0.3, -0.25) is 4.79 Å². The highest BCUT2D eigenvalue weighted by Gasteiger charge is 2.46. The Bertz CT molecular complexity index is 300. The van der Waals surface area contributed by atoms with E-state index >= 15 is 0 Å². The van der Waals surface area contributed by atoms with Gasteiger partial charge in [-0.25, -0.2) is 0 Å². The highest BCUT2D eigenvalue weighted by molar-refractivity contribution is 5.83. The fourth-order valence-electron chi connectivity index (χ4n) is 3.12. The van der Waals surface area contributed by atoms with E-state index in [2.05, 4.69) is 0 Å². The summed E-state index contributed by atoms with van der Waals surface area (Å²) in [4.78, 5) is 14.6. The molecule has 0 bridgehead atoms. The normalized spacial score (nSPS) is 34.3. The van der Waals surface area contributed by atoms with Crippen LogP contribution in [0.5, 0.6) is 0 Å². The Morgan fingerprint density at radius 2 is 1.89 bits per heavy atom. The third-order valence-corrected chi connectivity index (χ3v) is 4.70. The molecule has 0 radical (unpaired) electrons. The van der Waals surface area contributed by atoms with Crippen molar-refractivity contribution in [1.82, 2.24) is 4.90 Å². The number of rotatable bonds is 2. The van der Waals surface area contributed by atoms with E-state index in [9.17, 15) is 4.79 Å². The summed E-state index contributed by atoms with van der Waals surface area (Å²) in [5.74, 6) is 0.166. The molecule has 1 amide bonds. The number of nitrogens with zero attached hydrogens (tertiary/aromatic N) is 1. The van der Waals surface area contributed by atoms with Crippen LogP contribution in [0, 0.1) is 5.41 Å². The molecular formula is C14H26N2O2. The minimum atomic E-state index is -0.527. The molecule has 0 aromatic rings. The molecule has 2 fully saturated rings. The lowest BCUT2D eigenvalue weighted by Crippen LogP contribution is -2.52. The Balaban J connectivity index is 2.03. The number of hydrogen-bond donors (Lipinski definition) is 1. The summed E-state index contributed by atoms with van der Waals surface area (Å²) < 4.78 is 5.38. The first kappa shape index (κ1) is 13.8. The number of hydrogen-bond acceptors (Lipinski definition) is 3. The molecule has 1 heterocycles. The standard InChI is InChI=1S/C14H26N2O2/c1-14(10-18-9-12(14)15)13(17)16(2)11-7-5-3-4-6-8-11/h11-12H,3-10,15H2,1-2H3. The molecule has 4 nitrogen and oxygen atoms in total. The number of carbonyl (C=O) groups excluding carboxylic acids is 1. The van der Waals surface area contributed by atoms with Crippen molar-refractivity contribution in [3.63, 3.8) is 0 Å². The van der Waals surface area contributed by atoms with Crippen LogP contribution < -0.4 is 5.73 Å². The van der Waals surface area contributed by atoms with E-state index in [1.54, 1.807) is 0 Å². The maximum atomic E-state index is 12.7. The number of nitrogens with two attached hydrogens (primary N) is 1. The van der Waals surface area contributed by atoms with Crippen LogP contribution in [0.15, 0.2) is 0 Å². The second kappa shape index (κ2) is 5.57. The lowest BCUT2D eigenvalue weighted by molar-refractivity contribution is -0.142. The molecule has 0 spiro atoms. The van der Waals surface area contributed by atoms with Gasteiger partial charge in [0.25, 0.3) is 0 Å². The summed E-state index contributed by atoms with van der Waals surface area (Å²) in [6, 6.07) is 0.225. The van der Waals surface area contributed by atoms with Gasteiger partial charge in [-0.05, 0) is 19.8 Å². The molecule has 2 aliphatic rings. The summed E-state index contributed by atoms with van der Waals surface area (Å²) in [6.07, 6.45) is 7.35. The van der Waals surface area contributed by atoms with Crippen molar-refractivity contribution in [3.05, 3.63) is 0 Å². The molecule has 1 aliphatic heterocycles. The van der Waals surface area contributed by atoms with Crippen molar-refractivity contribution in [1.29, 1.82) is 0 Å². The van der Waals surface area contributed by atoms with Crippen LogP contribution in [0.2, 0.25) is 0 Å². The fourth-order valence-corrected chi connectivity index (χ4v) is 3.12. The topological polar surface area (TPSA) is 55.6 Å². The van der Waals surface area contributed by atoms with Crippen LogP contribution in [0.25, 0.3) is 0 Å². The highest BCUT2D eigenvalue weighted by Crippen LogP contribution is 2.31. The third kappa shape index (κ3) is 2.54. The molecule has 104 valence electrons. The van der Waals surface area contributed by atoms with Gasteiger partial charge < -0.3 is 15.4 Å². The number of carbonyl (C=O) groups is 1. The zero-order valence-corrected chi connectivity index (χ0v) is 11.7. The molecule has 4 heteroatoms. The zero-order valence-electron chi connectivity index (χ0n) is 11.7.